The molecule has 0 aromatic heterocycles. The summed E-state index contributed by atoms with van der Waals surface area (Å²) in [5.41, 5.74) is 2.46. The van der Waals surface area contributed by atoms with Crippen LogP contribution in [-0.4, -0.2) is 44.6 Å². The van der Waals surface area contributed by atoms with E-state index in [1.165, 1.54) is 28.6 Å². The summed E-state index contributed by atoms with van der Waals surface area (Å²) in [4.78, 5) is 12.8. The Hall–Kier alpha value is -2.59. The van der Waals surface area contributed by atoms with Gasteiger partial charge < -0.3 is 10.1 Å². The number of hydrogen-bond donors (Lipinski definition) is 1. The van der Waals surface area contributed by atoms with Gasteiger partial charge in [0.15, 0.2) is 0 Å². The van der Waals surface area contributed by atoms with Crippen molar-refractivity contribution in [2.45, 2.75) is 44.4 Å². The van der Waals surface area contributed by atoms with Crippen LogP contribution < -0.4 is 10.1 Å². The van der Waals surface area contributed by atoms with Crippen molar-refractivity contribution >= 4 is 15.9 Å². The summed E-state index contributed by atoms with van der Waals surface area (Å²) in [5.74, 6) is -0.716. The molecule has 0 saturated carbocycles. The highest BCUT2D eigenvalue weighted by Gasteiger charge is 2.33. The van der Waals surface area contributed by atoms with Crippen molar-refractivity contribution in [3.8, 4) is 5.75 Å². The normalized spacial score (nSPS) is 15.9. The lowest BCUT2D eigenvalue weighted by Gasteiger charge is -2.31. The van der Waals surface area contributed by atoms with Gasteiger partial charge in [-0.25, -0.2) is 8.42 Å². The molecule has 3 rings (SSSR count). The maximum Gasteiger partial charge on any atom is 0.573 e. The Bertz CT molecular complexity index is 1080. The number of hydrogen-bond acceptors (Lipinski definition) is 4. The Balaban J connectivity index is 1.46. The van der Waals surface area contributed by atoms with Crippen LogP contribution in [0.3, 0.4) is 0 Å². The number of alkyl halides is 3. The van der Waals surface area contributed by atoms with Gasteiger partial charge in [-0.2, -0.15) is 4.31 Å². The maximum absolute atomic E-state index is 13.0. The van der Waals surface area contributed by atoms with Crippen LogP contribution in [0.5, 0.6) is 5.75 Å². The lowest BCUT2D eigenvalue weighted by molar-refractivity contribution is -0.274. The number of nitrogens with zero attached hydrogens (tertiary/aromatic N) is 1. The van der Waals surface area contributed by atoms with Gasteiger partial charge in [0.25, 0.3) is 0 Å². The molecule has 0 spiro atoms. The van der Waals surface area contributed by atoms with Gasteiger partial charge in [-0.1, -0.05) is 29.8 Å². The molecule has 0 atom stereocenters. The number of sulfonamides is 1. The van der Waals surface area contributed by atoms with Crippen LogP contribution in [0.1, 0.15) is 29.5 Å². The van der Waals surface area contributed by atoms with E-state index in [1.807, 2.05) is 13.0 Å². The van der Waals surface area contributed by atoms with Crippen molar-refractivity contribution in [2.75, 3.05) is 19.6 Å². The Morgan fingerprint density at radius 1 is 1.09 bits per heavy atom. The first-order valence-corrected chi connectivity index (χ1v) is 12.1. The van der Waals surface area contributed by atoms with Crippen LogP contribution in [-0.2, 0) is 21.2 Å². The summed E-state index contributed by atoms with van der Waals surface area (Å²) in [6.07, 6.45) is -3.42. The summed E-state index contributed by atoms with van der Waals surface area (Å²) in [7, 11) is -3.61. The SMILES string of the molecule is Cc1ccc(S(=O)(=O)N2CCC(C(=O)NCCc3ccc(OC(F)(F)F)cc3)CC2)c(C)c1. The fraction of sp³-hybridized carbons (Fsp3) is 0.435. The first-order chi connectivity index (χ1) is 15.5. The standard InChI is InChI=1S/C23H27F3N2O4S/c1-16-3-8-21(17(2)15-16)33(30,31)28-13-10-19(11-14-28)22(29)27-12-9-18-4-6-20(7-5-18)32-23(24,25)26/h3-8,15,19H,9-14H2,1-2H3,(H,27,29). The van der Waals surface area contributed by atoms with Crippen molar-refractivity contribution in [2.24, 2.45) is 5.92 Å². The molecule has 0 radical (unpaired) electrons. The minimum Gasteiger partial charge on any atom is -0.406 e. The second kappa shape index (κ2) is 10.1. The quantitative estimate of drug-likeness (QED) is 0.646. The molecule has 0 bridgehead atoms. The van der Waals surface area contributed by atoms with E-state index in [2.05, 4.69) is 10.1 Å². The lowest BCUT2D eigenvalue weighted by atomic mass is 9.97. The number of nitrogens with one attached hydrogen (secondary N) is 1. The van der Waals surface area contributed by atoms with Gasteiger partial charge in [-0.15, -0.1) is 13.2 Å². The molecule has 10 heteroatoms. The fourth-order valence-electron chi connectivity index (χ4n) is 3.92. The van der Waals surface area contributed by atoms with Gasteiger partial charge in [-0.3, -0.25) is 4.79 Å². The Morgan fingerprint density at radius 2 is 1.73 bits per heavy atom. The number of rotatable bonds is 7. The molecule has 1 aliphatic rings. The summed E-state index contributed by atoms with van der Waals surface area (Å²) < 4.78 is 67.9. The zero-order valence-corrected chi connectivity index (χ0v) is 19.3. The first kappa shape index (κ1) is 25.0. The minimum absolute atomic E-state index is 0.143. The number of aryl methyl sites for hydroxylation is 2. The van der Waals surface area contributed by atoms with Gasteiger partial charge >= 0.3 is 6.36 Å². The molecule has 2 aromatic carbocycles. The lowest BCUT2D eigenvalue weighted by Crippen LogP contribution is -2.43. The molecule has 1 saturated heterocycles. The van der Waals surface area contributed by atoms with Gasteiger partial charge in [-0.05, 0) is 62.4 Å². The van der Waals surface area contributed by atoms with E-state index in [9.17, 15) is 26.4 Å². The third kappa shape index (κ3) is 6.70. The van der Waals surface area contributed by atoms with Crippen LogP contribution >= 0.6 is 0 Å². The molecular weight excluding hydrogens is 457 g/mol. The van der Waals surface area contributed by atoms with Crippen molar-refractivity contribution in [1.82, 2.24) is 9.62 Å². The average Bonchev–Trinajstić information content (AvgIpc) is 2.73. The van der Waals surface area contributed by atoms with E-state index in [1.54, 1.807) is 19.1 Å². The highest BCUT2D eigenvalue weighted by molar-refractivity contribution is 7.89. The van der Waals surface area contributed by atoms with Gasteiger partial charge in [0.2, 0.25) is 15.9 Å². The van der Waals surface area contributed by atoms with Crippen molar-refractivity contribution < 1.29 is 31.1 Å². The third-order valence-electron chi connectivity index (χ3n) is 5.64. The van der Waals surface area contributed by atoms with E-state index in [4.69, 9.17) is 0 Å². The predicted octanol–water partition coefficient (Wildman–Crippen LogP) is 3.96. The van der Waals surface area contributed by atoms with E-state index in [0.717, 1.165) is 11.1 Å². The Labute approximate surface area is 191 Å². The van der Waals surface area contributed by atoms with Crippen LogP contribution in [0.2, 0.25) is 0 Å². The summed E-state index contributed by atoms with van der Waals surface area (Å²) in [6.45, 7) is 4.56. The van der Waals surface area contributed by atoms with E-state index in [-0.39, 0.29) is 30.7 Å². The van der Waals surface area contributed by atoms with Gasteiger partial charge in [0, 0.05) is 25.6 Å². The molecule has 180 valence electrons. The number of carbonyl (C=O) groups is 1. The number of ether oxygens (including phenoxy) is 1. The van der Waals surface area contributed by atoms with Crippen LogP contribution in [0.4, 0.5) is 13.2 Å². The zero-order valence-electron chi connectivity index (χ0n) is 18.5. The maximum atomic E-state index is 13.0. The smallest absolute Gasteiger partial charge is 0.406 e. The second-order valence-corrected chi connectivity index (χ2v) is 10.1. The highest BCUT2D eigenvalue weighted by atomic mass is 32.2. The monoisotopic (exact) mass is 484 g/mol. The number of benzene rings is 2. The predicted molar refractivity (Wildman–Crippen MR) is 117 cm³/mol. The summed E-state index contributed by atoms with van der Waals surface area (Å²) >= 11 is 0. The topological polar surface area (TPSA) is 75.7 Å². The van der Waals surface area contributed by atoms with E-state index in [0.29, 0.717) is 36.3 Å². The van der Waals surface area contributed by atoms with Crippen LogP contribution in [0.15, 0.2) is 47.4 Å². The van der Waals surface area contributed by atoms with Gasteiger partial charge in [0.1, 0.15) is 5.75 Å². The molecule has 1 amide bonds. The summed E-state index contributed by atoms with van der Waals surface area (Å²) in [5, 5.41) is 2.84. The van der Waals surface area contributed by atoms with Crippen LogP contribution in [0, 0.1) is 19.8 Å². The van der Waals surface area contributed by atoms with Gasteiger partial charge in [0.05, 0.1) is 4.90 Å². The average molecular weight is 485 g/mol. The molecule has 1 heterocycles. The largest absolute Gasteiger partial charge is 0.573 e. The van der Waals surface area contributed by atoms with Crippen molar-refractivity contribution in [3.05, 3.63) is 59.2 Å². The molecule has 1 N–H and O–H groups in total. The highest BCUT2D eigenvalue weighted by Crippen LogP contribution is 2.26. The Kier molecular flexibility index (Phi) is 7.69. The zero-order chi connectivity index (χ0) is 24.2. The number of halogens is 3. The Morgan fingerprint density at radius 3 is 2.30 bits per heavy atom. The molecule has 1 fully saturated rings. The summed E-state index contributed by atoms with van der Waals surface area (Å²) in [6, 6.07) is 10.7. The molecule has 0 aliphatic carbocycles. The molecule has 6 nitrogen and oxygen atoms in total. The molecule has 2 aromatic rings. The van der Waals surface area contributed by atoms with Crippen molar-refractivity contribution in [1.29, 1.82) is 0 Å². The fourth-order valence-corrected chi connectivity index (χ4v) is 5.59. The molecular formula is C23H27F3N2O4S. The van der Waals surface area contributed by atoms with E-state index < -0.39 is 16.4 Å². The van der Waals surface area contributed by atoms with Crippen molar-refractivity contribution in [3.63, 3.8) is 0 Å². The molecule has 33 heavy (non-hydrogen) atoms. The third-order valence-corrected chi connectivity index (χ3v) is 7.70. The number of amides is 1. The molecule has 1 aliphatic heterocycles. The number of carbonyl (C=O) groups excluding carboxylic acids is 1. The molecule has 0 unspecified atom stereocenters. The minimum atomic E-state index is -4.73. The van der Waals surface area contributed by atoms with E-state index >= 15 is 0 Å². The first-order valence-electron chi connectivity index (χ1n) is 10.7. The van der Waals surface area contributed by atoms with Crippen LogP contribution in [0.25, 0.3) is 0 Å². The second-order valence-electron chi connectivity index (χ2n) is 8.18. The number of piperidine rings is 1.